The maximum atomic E-state index is 14.5. The number of anilines is 1. The highest BCUT2D eigenvalue weighted by Gasteiger charge is 2.45. The number of carbonyl (C=O) groups excluding carboxylic acids is 1. The fourth-order valence-corrected chi connectivity index (χ4v) is 9.04. The highest BCUT2D eigenvalue weighted by molar-refractivity contribution is 7.22. The van der Waals surface area contributed by atoms with Gasteiger partial charge in [-0.25, -0.2) is 8.78 Å². The zero-order chi connectivity index (χ0) is 34.1. The van der Waals surface area contributed by atoms with E-state index in [9.17, 15) is 13.6 Å². The molecule has 1 amide bonds. The van der Waals surface area contributed by atoms with E-state index in [2.05, 4.69) is 15.5 Å². The molecule has 0 bridgehead atoms. The monoisotopic (exact) mass is 690 g/mol. The van der Waals surface area contributed by atoms with Gasteiger partial charge in [0.2, 0.25) is 11.8 Å². The molecule has 3 aliphatic rings. The van der Waals surface area contributed by atoms with Crippen molar-refractivity contribution < 1.29 is 22.7 Å². The Morgan fingerprint density at radius 1 is 1.04 bits per heavy atom. The first-order valence-electron chi connectivity index (χ1n) is 16.8. The number of amides is 1. The number of nitrogens with one attached hydrogen (secondary N) is 1. The summed E-state index contributed by atoms with van der Waals surface area (Å²) in [4.78, 5) is 26.9. The highest BCUT2D eigenvalue weighted by Crippen LogP contribution is 2.51. The molecule has 4 aromatic heterocycles. The van der Waals surface area contributed by atoms with Crippen LogP contribution in [0.3, 0.4) is 0 Å². The third kappa shape index (κ3) is 4.95. The summed E-state index contributed by atoms with van der Waals surface area (Å²) in [6.45, 7) is 2.42. The van der Waals surface area contributed by atoms with Crippen LogP contribution in [0.15, 0.2) is 59.1 Å². The third-order valence-electron chi connectivity index (χ3n) is 10.1. The molecule has 1 N–H and O–H groups in total. The zero-order valence-corrected chi connectivity index (χ0v) is 28.2. The van der Waals surface area contributed by atoms with Crippen molar-refractivity contribution in [2.45, 2.75) is 57.5 Å². The number of aromatic nitrogens is 4. The molecule has 2 aromatic carbocycles. The van der Waals surface area contributed by atoms with Gasteiger partial charge in [0.15, 0.2) is 11.6 Å². The second-order valence-electron chi connectivity index (χ2n) is 13.0. The Hall–Kier alpha value is -5.23. The van der Waals surface area contributed by atoms with E-state index in [4.69, 9.17) is 19.1 Å². The summed E-state index contributed by atoms with van der Waals surface area (Å²) >= 11 is 1.55. The van der Waals surface area contributed by atoms with Gasteiger partial charge in [0.1, 0.15) is 5.82 Å². The molecule has 1 fully saturated rings. The van der Waals surface area contributed by atoms with E-state index in [1.807, 2.05) is 23.1 Å². The number of ether oxygens (including phenoxy) is 1. The summed E-state index contributed by atoms with van der Waals surface area (Å²) < 4.78 is 40.6. The van der Waals surface area contributed by atoms with Crippen molar-refractivity contribution in [1.82, 2.24) is 25.1 Å². The van der Waals surface area contributed by atoms with Crippen LogP contribution < -0.4 is 10.1 Å². The Labute approximate surface area is 290 Å². The van der Waals surface area contributed by atoms with Crippen molar-refractivity contribution in [3.63, 3.8) is 0 Å². The van der Waals surface area contributed by atoms with Crippen LogP contribution in [-0.4, -0.2) is 44.6 Å². The first-order chi connectivity index (χ1) is 24.4. The maximum absolute atomic E-state index is 14.5. The lowest BCUT2D eigenvalue weighted by molar-refractivity contribution is 0.0776. The van der Waals surface area contributed by atoms with Crippen molar-refractivity contribution in [3.8, 4) is 27.6 Å². The van der Waals surface area contributed by atoms with Gasteiger partial charge in [-0.3, -0.25) is 14.8 Å². The molecule has 50 heavy (non-hydrogen) atoms. The topological polar surface area (TPSA) is 106 Å². The molecule has 1 aliphatic carbocycles. The molecule has 9 nitrogen and oxygen atoms in total. The summed E-state index contributed by atoms with van der Waals surface area (Å²) in [5, 5.41) is 12.3. The first kappa shape index (κ1) is 30.8. The molecule has 1 saturated heterocycles. The Bertz CT molecular complexity index is 2320. The second-order valence-corrected chi connectivity index (χ2v) is 14.1. The number of thiophene rings is 1. The van der Waals surface area contributed by atoms with Crippen LogP contribution in [0.2, 0.25) is 0 Å². The number of methoxy groups -OCH3 is 1. The standard InChI is InChI=1S/C38H32F2N6O3S/c1-19-44-45-37(49-19)31-26(13-7-20-5-8-21(39)9-6-20)43-34-29-4-3-17-46(29)38(47)33(34)32(31)30-18-28-36(50-30)27(15-16-41-28)42-25-14-11-23-22(25)10-12-24(40)35(23)48-2/h5-6,8-10,12,15-16,18,25,29H,3-4,7,11,13-14,17H2,1-2H3,(H,41,42)/t25-,29-/m1/s1. The Kier molecular flexibility index (Phi) is 7.38. The third-order valence-corrected chi connectivity index (χ3v) is 11.3. The van der Waals surface area contributed by atoms with Crippen molar-refractivity contribution in [2.75, 3.05) is 19.0 Å². The Morgan fingerprint density at radius 3 is 2.70 bits per heavy atom. The molecule has 0 saturated carbocycles. The van der Waals surface area contributed by atoms with Crippen molar-refractivity contribution >= 4 is 33.1 Å². The lowest BCUT2D eigenvalue weighted by atomic mass is 9.93. The quantitative estimate of drug-likeness (QED) is 0.171. The minimum Gasteiger partial charge on any atom is -0.493 e. The van der Waals surface area contributed by atoms with Gasteiger partial charge in [-0.2, -0.15) is 0 Å². The number of fused-ring (bicyclic) bond motifs is 5. The van der Waals surface area contributed by atoms with Crippen LogP contribution in [-0.2, 0) is 19.3 Å². The number of aryl methyl sites for hydroxylation is 3. The molecule has 2 atom stereocenters. The molecule has 252 valence electrons. The average molecular weight is 691 g/mol. The maximum Gasteiger partial charge on any atom is 0.257 e. The van der Waals surface area contributed by atoms with E-state index in [1.54, 1.807) is 36.6 Å². The van der Waals surface area contributed by atoms with Crippen LogP contribution >= 0.6 is 11.3 Å². The fourth-order valence-electron chi connectivity index (χ4n) is 7.90. The van der Waals surface area contributed by atoms with Gasteiger partial charge in [-0.15, -0.1) is 21.5 Å². The predicted molar refractivity (Wildman–Crippen MR) is 185 cm³/mol. The molecule has 2 aliphatic heterocycles. The largest absolute Gasteiger partial charge is 0.493 e. The number of carbonyl (C=O) groups is 1. The van der Waals surface area contributed by atoms with Crippen LogP contribution in [0, 0.1) is 18.6 Å². The molecular formula is C38H32F2N6O3S. The summed E-state index contributed by atoms with van der Waals surface area (Å²) in [5.74, 6) is 0.327. The number of halogens is 2. The Morgan fingerprint density at radius 2 is 1.90 bits per heavy atom. The number of rotatable bonds is 8. The number of hydrogen-bond donors (Lipinski definition) is 1. The fraction of sp³-hybridized carbons (Fsp3) is 0.289. The first-order valence-corrected chi connectivity index (χ1v) is 17.6. The van der Waals surface area contributed by atoms with E-state index in [0.29, 0.717) is 54.5 Å². The van der Waals surface area contributed by atoms with Gasteiger partial charge in [-0.1, -0.05) is 18.2 Å². The zero-order valence-electron chi connectivity index (χ0n) is 27.4. The smallest absolute Gasteiger partial charge is 0.257 e. The lowest BCUT2D eigenvalue weighted by Gasteiger charge is -2.17. The molecule has 12 heteroatoms. The SMILES string of the molecule is COc1c(F)ccc2c1CC[C@H]2Nc1ccnc2cc(-c3c4c(nc(CCc5ccc(F)cc5)c3-c3nnc(C)o3)[C@H]3CCCN3C4=O)sc12. The van der Waals surface area contributed by atoms with Crippen molar-refractivity contribution in [3.05, 3.63) is 106 Å². The van der Waals surface area contributed by atoms with Gasteiger partial charge < -0.3 is 19.4 Å². The molecule has 0 spiro atoms. The molecule has 9 rings (SSSR count). The van der Waals surface area contributed by atoms with Crippen molar-refractivity contribution in [1.29, 1.82) is 0 Å². The minimum absolute atomic E-state index is 0.0374. The molecule has 6 heterocycles. The van der Waals surface area contributed by atoms with Gasteiger partial charge in [0.05, 0.1) is 57.6 Å². The predicted octanol–water partition coefficient (Wildman–Crippen LogP) is 8.18. The normalized spacial score (nSPS) is 17.8. The van der Waals surface area contributed by atoms with E-state index < -0.39 is 0 Å². The molecule has 0 radical (unpaired) electrons. The van der Waals surface area contributed by atoms with Crippen LogP contribution in [0.1, 0.15) is 75.7 Å². The van der Waals surface area contributed by atoms with Gasteiger partial charge >= 0.3 is 0 Å². The minimum atomic E-state index is -0.356. The van der Waals surface area contributed by atoms with Gasteiger partial charge in [0.25, 0.3) is 5.91 Å². The summed E-state index contributed by atoms with van der Waals surface area (Å²) in [6, 6.07) is 13.6. The molecule has 6 aromatic rings. The number of nitrogens with zero attached hydrogens (tertiary/aromatic N) is 5. The summed E-state index contributed by atoms with van der Waals surface area (Å²) in [5.41, 5.74) is 8.03. The van der Waals surface area contributed by atoms with Gasteiger partial charge in [0, 0.05) is 35.7 Å². The van der Waals surface area contributed by atoms with Crippen LogP contribution in [0.25, 0.3) is 32.1 Å². The highest BCUT2D eigenvalue weighted by atomic mass is 32.1. The van der Waals surface area contributed by atoms with E-state index in [-0.39, 0.29) is 29.6 Å². The average Bonchev–Trinajstić information content (AvgIpc) is 3.96. The van der Waals surface area contributed by atoms with E-state index in [0.717, 1.165) is 73.7 Å². The van der Waals surface area contributed by atoms with Crippen molar-refractivity contribution in [2.24, 2.45) is 0 Å². The number of pyridine rings is 2. The van der Waals surface area contributed by atoms with Crippen LogP contribution in [0.5, 0.6) is 5.75 Å². The van der Waals surface area contributed by atoms with Gasteiger partial charge in [-0.05, 0) is 80.0 Å². The van der Waals surface area contributed by atoms with E-state index in [1.165, 1.54) is 25.3 Å². The molecular weight excluding hydrogens is 659 g/mol. The lowest BCUT2D eigenvalue weighted by Crippen LogP contribution is -2.22. The summed E-state index contributed by atoms with van der Waals surface area (Å²) in [7, 11) is 1.50. The van der Waals surface area contributed by atoms with Crippen LogP contribution in [0.4, 0.5) is 14.5 Å². The van der Waals surface area contributed by atoms with E-state index >= 15 is 0 Å². The Balaban J connectivity index is 1.20. The summed E-state index contributed by atoms with van der Waals surface area (Å²) in [6.07, 6.45) is 6.16. The number of hydrogen-bond acceptors (Lipinski definition) is 9. The second kappa shape index (κ2) is 12.0. The number of benzene rings is 2. The molecule has 0 unspecified atom stereocenters.